The number of esters is 1. The van der Waals surface area contributed by atoms with E-state index in [1.807, 2.05) is 12.1 Å². The highest BCUT2D eigenvalue weighted by atomic mass is 35.5. The first-order valence-corrected chi connectivity index (χ1v) is 15.9. The van der Waals surface area contributed by atoms with E-state index < -0.39 is 29.2 Å². The Morgan fingerprint density at radius 1 is 0.783 bits per heavy atom. The standard InChI is InChI=1S/C35H21Cl3F3NO3S/c1-45-35(43)22-10-14-25(29(38)17-22)20-4-2-5-21(16-20)33-31(32-27(36)6-3-7-28(32)37)26-18-23(39)11-15-30(26)42(33)46(44)24-12-8-19(9-13-24)34(40)41/h2-18,34H,1H3. The Morgan fingerprint density at radius 2 is 1.46 bits per heavy atom. The van der Waals surface area contributed by atoms with Gasteiger partial charge in [-0.25, -0.2) is 22.2 Å². The lowest BCUT2D eigenvalue weighted by Crippen LogP contribution is -2.07. The molecule has 1 unspecified atom stereocenters. The van der Waals surface area contributed by atoms with Crippen LogP contribution in [-0.2, 0) is 15.7 Å². The van der Waals surface area contributed by atoms with Gasteiger partial charge in [-0.15, -0.1) is 0 Å². The molecule has 1 heterocycles. The Balaban J connectivity index is 1.66. The van der Waals surface area contributed by atoms with E-state index in [4.69, 9.17) is 39.5 Å². The molecule has 6 aromatic rings. The lowest BCUT2D eigenvalue weighted by molar-refractivity contribution is 0.0600. The first-order chi connectivity index (χ1) is 22.1. The smallest absolute Gasteiger partial charge is 0.337 e. The maximum absolute atomic E-state index is 14.9. The summed E-state index contributed by atoms with van der Waals surface area (Å²) in [4.78, 5) is 12.3. The van der Waals surface area contributed by atoms with Crippen molar-refractivity contribution in [1.29, 1.82) is 0 Å². The predicted octanol–water partition coefficient (Wildman–Crippen LogP) is 11.0. The molecule has 1 aromatic heterocycles. The summed E-state index contributed by atoms with van der Waals surface area (Å²) >= 11 is 20.1. The predicted molar refractivity (Wildman–Crippen MR) is 178 cm³/mol. The van der Waals surface area contributed by atoms with E-state index in [-0.39, 0.29) is 26.1 Å². The zero-order chi connectivity index (χ0) is 32.7. The normalized spacial score (nSPS) is 12.1. The van der Waals surface area contributed by atoms with Gasteiger partial charge in [0.1, 0.15) is 5.82 Å². The molecule has 1 atom stereocenters. The number of fused-ring (bicyclic) bond motifs is 1. The number of methoxy groups -OCH3 is 1. The van der Waals surface area contributed by atoms with Crippen LogP contribution < -0.4 is 0 Å². The van der Waals surface area contributed by atoms with Crippen molar-refractivity contribution in [2.24, 2.45) is 0 Å². The van der Waals surface area contributed by atoms with Crippen LogP contribution in [0.15, 0.2) is 108 Å². The monoisotopic (exact) mass is 697 g/mol. The summed E-state index contributed by atoms with van der Waals surface area (Å²) in [5.41, 5.74) is 3.46. The highest BCUT2D eigenvalue weighted by Crippen LogP contribution is 2.48. The van der Waals surface area contributed by atoms with E-state index in [1.165, 1.54) is 59.6 Å². The number of hydrogen-bond donors (Lipinski definition) is 0. The van der Waals surface area contributed by atoms with Crippen molar-refractivity contribution in [2.45, 2.75) is 11.3 Å². The van der Waals surface area contributed by atoms with Crippen molar-refractivity contribution in [1.82, 2.24) is 3.97 Å². The molecule has 0 fully saturated rings. The molecule has 0 bridgehead atoms. The second-order valence-corrected chi connectivity index (χ2v) is 12.7. The van der Waals surface area contributed by atoms with Gasteiger partial charge >= 0.3 is 5.97 Å². The molecule has 0 saturated carbocycles. The van der Waals surface area contributed by atoms with Crippen LogP contribution in [0.1, 0.15) is 22.3 Å². The number of ether oxygens (including phenoxy) is 1. The van der Waals surface area contributed by atoms with E-state index in [0.717, 1.165) is 0 Å². The molecule has 0 spiro atoms. The first-order valence-electron chi connectivity index (χ1n) is 13.7. The molecule has 232 valence electrons. The molecular weight excluding hydrogens is 678 g/mol. The van der Waals surface area contributed by atoms with E-state index in [9.17, 15) is 22.2 Å². The maximum Gasteiger partial charge on any atom is 0.337 e. The van der Waals surface area contributed by atoms with Crippen LogP contribution in [0, 0.1) is 5.82 Å². The van der Waals surface area contributed by atoms with Gasteiger partial charge in [-0.2, -0.15) is 0 Å². The van der Waals surface area contributed by atoms with Crippen LogP contribution in [0.25, 0.3) is 44.4 Å². The Hall–Kier alpha value is -4.08. The number of hydrogen-bond acceptors (Lipinski definition) is 3. The fourth-order valence-electron chi connectivity index (χ4n) is 5.32. The summed E-state index contributed by atoms with van der Waals surface area (Å²) in [5, 5.41) is 1.23. The minimum atomic E-state index is -2.70. The highest BCUT2D eigenvalue weighted by molar-refractivity contribution is 7.83. The second-order valence-electron chi connectivity index (χ2n) is 10.2. The van der Waals surface area contributed by atoms with Crippen molar-refractivity contribution < 1.29 is 26.9 Å². The number of nitrogens with zero attached hydrogens (tertiary/aromatic N) is 1. The van der Waals surface area contributed by atoms with Gasteiger partial charge in [-0.1, -0.05) is 77.3 Å². The third-order valence-corrected chi connectivity index (χ3v) is 9.77. The Morgan fingerprint density at radius 3 is 2.11 bits per heavy atom. The summed E-state index contributed by atoms with van der Waals surface area (Å²) in [6.07, 6.45) is -2.70. The van der Waals surface area contributed by atoms with Crippen molar-refractivity contribution in [3.63, 3.8) is 0 Å². The van der Waals surface area contributed by atoms with E-state index in [0.29, 0.717) is 49.4 Å². The first kappa shape index (κ1) is 31.9. The van der Waals surface area contributed by atoms with Gasteiger partial charge in [0.05, 0.1) is 28.8 Å². The molecule has 5 aromatic carbocycles. The van der Waals surface area contributed by atoms with Crippen LogP contribution in [0.3, 0.4) is 0 Å². The summed E-state index contributed by atoms with van der Waals surface area (Å²) in [6, 6.07) is 26.2. The summed E-state index contributed by atoms with van der Waals surface area (Å²) in [7, 11) is -0.731. The van der Waals surface area contributed by atoms with Crippen molar-refractivity contribution in [3.8, 4) is 33.5 Å². The van der Waals surface area contributed by atoms with Gasteiger partial charge in [0.25, 0.3) is 6.43 Å². The zero-order valence-electron chi connectivity index (χ0n) is 23.7. The number of rotatable bonds is 7. The van der Waals surface area contributed by atoms with E-state index in [2.05, 4.69) is 0 Å². The Bertz CT molecular complexity index is 2150. The molecule has 0 N–H and O–H groups in total. The fourth-order valence-corrected chi connectivity index (χ4v) is 7.48. The third kappa shape index (κ3) is 5.82. The molecular formula is C35H21Cl3F3NO3S. The number of halogens is 6. The molecule has 0 radical (unpaired) electrons. The van der Waals surface area contributed by atoms with Gasteiger partial charge in [0.2, 0.25) is 0 Å². The molecule has 46 heavy (non-hydrogen) atoms. The van der Waals surface area contributed by atoms with Crippen LogP contribution >= 0.6 is 34.8 Å². The number of aromatic nitrogens is 1. The average Bonchev–Trinajstić information content (AvgIpc) is 3.37. The number of carbonyl (C=O) groups is 1. The highest BCUT2D eigenvalue weighted by Gasteiger charge is 2.27. The van der Waals surface area contributed by atoms with Gasteiger partial charge in [0, 0.05) is 48.3 Å². The molecule has 4 nitrogen and oxygen atoms in total. The summed E-state index contributed by atoms with van der Waals surface area (Å²) in [5.74, 6) is -1.08. The maximum atomic E-state index is 14.9. The van der Waals surface area contributed by atoms with Crippen molar-refractivity contribution in [3.05, 3.63) is 135 Å². The van der Waals surface area contributed by atoms with Crippen LogP contribution in [-0.4, -0.2) is 21.3 Å². The molecule has 0 saturated heterocycles. The average molecular weight is 699 g/mol. The quantitative estimate of drug-likeness (QED) is 0.156. The molecule has 11 heteroatoms. The number of carbonyl (C=O) groups excluding carboxylic acids is 1. The van der Waals surface area contributed by atoms with Crippen LogP contribution in [0.5, 0.6) is 0 Å². The lowest BCUT2D eigenvalue weighted by Gasteiger charge is -2.15. The minimum absolute atomic E-state index is 0.216. The largest absolute Gasteiger partial charge is 0.465 e. The molecule has 0 aliphatic rings. The van der Waals surface area contributed by atoms with Crippen molar-refractivity contribution in [2.75, 3.05) is 7.11 Å². The minimum Gasteiger partial charge on any atom is -0.465 e. The molecule has 0 amide bonds. The molecule has 0 aliphatic heterocycles. The summed E-state index contributed by atoms with van der Waals surface area (Å²) < 4.78 is 62.3. The lowest BCUT2D eigenvalue weighted by atomic mass is 9.95. The van der Waals surface area contributed by atoms with Crippen molar-refractivity contribution >= 4 is 62.7 Å². The number of alkyl halides is 2. The van der Waals surface area contributed by atoms with E-state index >= 15 is 0 Å². The topological polar surface area (TPSA) is 48.3 Å². The van der Waals surface area contributed by atoms with Gasteiger partial charge in [0.15, 0.2) is 11.0 Å². The number of benzene rings is 5. The molecule has 0 aliphatic carbocycles. The Labute approximate surface area is 279 Å². The summed E-state index contributed by atoms with van der Waals surface area (Å²) in [6.45, 7) is 0. The van der Waals surface area contributed by atoms with E-state index in [1.54, 1.807) is 42.5 Å². The van der Waals surface area contributed by atoms with Gasteiger partial charge in [-0.3, -0.25) is 3.97 Å². The van der Waals surface area contributed by atoms with Crippen LogP contribution in [0.2, 0.25) is 15.1 Å². The molecule has 6 rings (SSSR count). The van der Waals surface area contributed by atoms with Crippen LogP contribution in [0.4, 0.5) is 13.2 Å². The fraction of sp³-hybridized carbons (Fsp3) is 0.0571. The Kier molecular flexibility index (Phi) is 8.99. The zero-order valence-corrected chi connectivity index (χ0v) is 26.8. The van der Waals surface area contributed by atoms with Gasteiger partial charge < -0.3 is 4.74 Å². The second kappa shape index (κ2) is 13.0. The van der Waals surface area contributed by atoms with Gasteiger partial charge in [-0.05, 0) is 66.2 Å². The SMILES string of the molecule is COC(=O)c1ccc(-c2cccc(-c3c(-c4c(Cl)cccc4Cl)c4cc(F)ccc4n3S(=O)c3ccc(C(F)F)cc3)c2)c(Cl)c1. The third-order valence-electron chi connectivity index (χ3n) is 7.44.